The van der Waals surface area contributed by atoms with Gasteiger partial charge in [-0.2, -0.15) is 0 Å². The molecule has 2 aliphatic rings. The van der Waals surface area contributed by atoms with E-state index in [4.69, 9.17) is 24.7 Å². The predicted molar refractivity (Wildman–Crippen MR) is 97.9 cm³/mol. The lowest BCUT2D eigenvalue weighted by Crippen LogP contribution is -2.65. The van der Waals surface area contributed by atoms with Crippen molar-refractivity contribution in [2.75, 3.05) is 18.9 Å². The number of nitrogens with two attached hydrogens (primary N) is 1. The van der Waals surface area contributed by atoms with Gasteiger partial charge in [-0.3, -0.25) is 0 Å². The molecule has 170 valence electrons. The van der Waals surface area contributed by atoms with Crippen LogP contribution in [0, 0.1) is 0 Å². The number of hydrogen-bond acceptors (Lipinski definition) is 12. The second-order valence-electron chi connectivity index (χ2n) is 7.19. The van der Waals surface area contributed by atoms with Crippen LogP contribution in [0.15, 0.2) is 24.3 Å². The lowest BCUT2D eigenvalue weighted by molar-refractivity contribution is -0.352. The fourth-order valence-electron chi connectivity index (χ4n) is 3.33. The quantitative estimate of drug-likeness (QED) is 0.204. The molecular formula is C18H27NO11. The first-order valence-corrected chi connectivity index (χ1v) is 9.37. The van der Waals surface area contributed by atoms with Crippen LogP contribution >= 0.6 is 0 Å². The highest BCUT2D eigenvalue weighted by atomic mass is 16.7. The van der Waals surface area contributed by atoms with Crippen molar-refractivity contribution < 1.29 is 54.7 Å². The van der Waals surface area contributed by atoms with E-state index in [1.54, 1.807) is 12.1 Å². The first-order valence-electron chi connectivity index (χ1n) is 9.37. The van der Waals surface area contributed by atoms with Crippen LogP contribution in [0.5, 0.6) is 5.75 Å². The van der Waals surface area contributed by atoms with Gasteiger partial charge >= 0.3 is 0 Å². The van der Waals surface area contributed by atoms with E-state index < -0.39 is 74.6 Å². The van der Waals surface area contributed by atoms with E-state index in [9.17, 15) is 35.7 Å². The molecule has 0 saturated carbocycles. The van der Waals surface area contributed by atoms with Gasteiger partial charge in [0.1, 0.15) is 54.6 Å². The zero-order chi connectivity index (χ0) is 22.0. The van der Waals surface area contributed by atoms with Gasteiger partial charge in [-0.25, -0.2) is 0 Å². The van der Waals surface area contributed by atoms with Crippen LogP contribution in [-0.2, 0) is 14.2 Å². The van der Waals surface area contributed by atoms with Crippen LogP contribution < -0.4 is 10.5 Å². The minimum atomic E-state index is -1.73. The van der Waals surface area contributed by atoms with Gasteiger partial charge in [0.25, 0.3) is 0 Å². The average molecular weight is 433 g/mol. The summed E-state index contributed by atoms with van der Waals surface area (Å²) < 4.78 is 21.7. The smallest absolute Gasteiger partial charge is 0.229 e. The second kappa shape index (κ2) is 9.70. The van der Waals surface area contributed by atoms with E-state index in [1.807, 2.05) is 0 Å². The summed E-state index contributed by atoms with van der Waals surface area (Å²) in [6, 6.07) is 6.19. The maximum atomic E-state index is 10.5. The number of benzene rings is 1. The molecule has 0 amide bonds. The molecule has 2 fully saturated rings. The summed E-state index contributed by atoms with van der Waals surface area (Å²) >= 11 is 0. The highest BCUT2D eigenvalue weighted by Crippen LogP contribution is 2.30. The van der Waals surface area contributed by atoms with Gasteiger partial charge in [-0.1, -0.05) is 0 Å². The molecule has 2 heterocycles. The molecular weight excluding hydrogens is 406 g/mol. The molecule has 0 spiro atoms. The summed E-state index contributed by atoms with van der Waals surface area (Å²) in [4.78, 5) is 0. The topological polar surface area (TPSA) is 205 Å². The molecule has 30 heavy (non-hydrogen) atoms. The third-order valence-corrected chi connectivity index (χ3v) is 5.09. The summed E-state index contributed by atoms with van der Waals surface area (Å²) in [7, 11) is 0. The molecule has 0 aliphatic carbocycles. The Labute approximate surface area is 171 Å². The van der Waals surface area contributed by atoms with Gasteiger partial charge in [0.15, 0.2) is 6.29 Å². The third kappa shape index (κ3) is 4.68. The number of aliphatic hydroxyl groups excluding tert-OH is 7. The molecule has 0 bridgehead atoms. The van der Waals surface area contributed by atoms with E-state index in [2.05, 4.69) is 0 Å². The summed E-state index contributed by atoms with van der Waals surface area (Å²) in [5.74, 6) is 0.297. The molecule has 10 atom stereocenters. The molecule has 1 aromatic carbocycles. The number of rotatable bonds is 6. The van der Waals surface area contributed by atoms with Crippen LogP contribution in [0.3, 0.4) is 0 Å². The molecule has 1 aromatic rings. The van der Waals surface area contributed by atoms with Gasteiger partial charge in [0.05, 0.1) is 13.2 Å². The number of aliphatic hydroxyl groups is 7. The predicted octanol–water partition coefficient (Wildman–Crippen LogP) is -3.73. The number of nitrogen functional groups attached to an aromatic ring is 1. The van der Waals surface area contributed by atoms with E-state index in [-0.39, 0.29) is 0 Å². The monoisotopic (exact) mass is 433 g/mol. The molecule has 2 aliphatic heterocycles. The summed E-state index contributed by atoms with van der Waals surface area (Å²) in [5.41, 5.74) is 6.10. The first-order chi connectivity index (χ1) is 14.3. The van der Waals surface area contributed by atoms with Crippen molar-refractivity contribution in [3.63, 3.8) is 0 Å². The lowest BCUT2D eigenvalue weighted by atomic mass is 9.97. The second-order valence-corrected chi connectivity index (χ2v) is 7.19. The number of anilines is 1. The highest BCUT2D eigenvalue weighted by Gasteiger charge is 2.51. The van der Waals surface area contributed by atoms with Crippen LogP contribution in [0.2, 0.25) is 0 Å². The first kappa shape index (κ1) is 23.1. The molecule has 4 unspecified atom stereocenters. The highest BCUT2D eigenvalue weighted by molar-refractivity contribution is 5.41. The Kier molecular flexibility index (Phi) is 7.47. The Morgan fingerprint density at radius 1 is 0.733 bits per heavy atom. The largest absolute Gasteiger partial charge is 0.462 e. The average Bonchev–Trinajstić information content (AvgIpc) is 2.74. The zero-order valence-corrected chi connectivity index (χ0v) is 15.8. The Hall–Kier alpha value is -1.58. The van der Waals surface area contributed by atoms with E-state index in [1.165, 1.54) is 12.1 Å². The Bertz CT molecular complexity index is 673. The van der Waals surface area contributed by atoms with E-state index >= 15 is 0 Å². The fourth-order valence-corrected chi connectivity index (χ4v) is 3.33. The van der Waals surface area contributed by atoms with Gasteiger partial charge in [0, 0.05) is 5.69 Å². The molecule has 9 N–H and O–H groups in total. The zero-order valence-electron chi connectivity index (χ0n) is 15.8. The van der Waals surface area contributed by atoms with Crippen molar-refractivity contribution in [1.82, 2.24) is 0 Å². The minimum Gasteiger partial charge on any atom is -0.462 e. The minimum absolute atomic E-state index is 0.297. The van der Waals surface area contributed by atoms with Crippen LogP contribution in [0.4, 0.5) is 5.69 Å². The number of ether oxygens (including phenoxy) is 4. The summed E-state index contributed by atoms with van der Waals surface area (Å²) in [6.07, 6.45) is -15.0. The summed E-state index contributed by atoms with van der Waals surface area (Å²) in [5, 5.41) is 69.7. The van der Waals surface area contributed by atoms with Crippen LogP contribution in [-0.4, -0.2) is 110 Å². The standard InChI is InChI=1S/C18H27NO11/c19-7-1-3-8(4-2-7)27-17-15(26)13(24)16(10(6-21)29-17)30-18-14(25)12(23)11(22)9(5-20)28-18/h1-4,9-18,20-26H,5-6,19H2/t9?,10?,11-,12+,13-,14?,15?,16-,17-,18+/m1/s1. The van der Waals surface area contributed by atoms with E-state index in [0.29, 0.717) is 11.4 Å². The van der Waals surface area contributed by atoms with Crippen LogP contribution in [0.25, 0.3) is 0 Å². The molecule has 3 rings (SSSR count). The van der Waals surface area contributed by atoms with Crippen molar-refractivity contribution in [3.8, 4) is 5.75 Å². The van der Waals surface area contributed by atoms with Crippen LogP contribution in [0.1, 0.15) is 0 Å². The van der Waals surface area contributed by atoms with Gasteiger partial charge in [-0.05, 0) is 24.3 Å². The molecule has 2 saturated heterocycles. The maximum absolute atomic E-state index is 10.5. The molecule has 12 nitrogen and oxygen atoms in total. The van der Waals surface area contributed by atoms with Crippen molar-refractivity contribution in [2.45, 2.75) is 61.4 Å². The van der Waals surface area contributed by atoms with Gasteiger partial charge < -0.3 is 60.4 Å². The Morgan fingerprint density at radius 2 is 1.30 bits per heavy atom. The third-order valence-electron chi connectivity index (χ3n) is 5.09. The van der Waals surface area contributed by atoms with Gasteiger partial charge in [-0.15, -0.1) is 0 Å². The normalized spacial score (nSPS) is 42.1. The molecule has 0 radical (unpaired) electrons. The van der Waals surface area contributed by atoms with Gasteiger partial charge in [0.2, 0.25) is 6.29 Å². The summed E-state index contributed by atoms with van der Waals surface area (Å²) in [6.45, 7) is -1.31. The SMILES string of the molecule is Nc1ccc(O[C@@H]2OC(CO)[C@@H](O[C@@H]3OC(CO)[C@@H](O)[C@H](O)C3O)[C@H](O)C2O)cc1. The Morgan fingerprint density at radius 3 is 1.90 bits per heavy atom. The van der Waals surface area contributed by atoms with Crippen molar-refractivity contribution in [3.05, 3.63) is 24.3 Å². The molecule has 12 heteroatoms. The number of hydrogen-bond donors (Lipinski definition) is 8. The van der Waals surface area contributed by atoms with Crippen molar-refractivity contribution >= 4 is 5.69 Å². The van der Waals surface area contributed by atoms with Crippen molar-refractivity contribution in [1.29, 1.82) is 0 Å². The van der Waals surface area contributed by atoms with Crippen molar-refractivity contribution in [2.24, 2.45) is 0 Å². The lowest BCUT2D eigenvalue weighted by Gasteiger charge is -2.45. The molecule has 0 aromatic heterocycles. The Balaban J connectivity index is 1.71. The van der Waals surface area contributed by atoms with E-state index in [0.717, 1.165) is 0 Å². The maximum Gasteiger partial charge on any atom is 0.229 e. The fraction of sp³-hybridized carbons (Fsp3) is 0.667.